The van der Waals surface area contributed by atoms with Gasteiger partial charge in [-0.2, -0.15) is 18.3 Å². The van der Waals surface area contributed by atoms with Crippen LogP contribution in [-0.2, 0) is 11.3 Å². The van der Waals surface area contributed by atoms with Gasteiger partial charge >= 0.3 is 6.18 Å². The number of pyridine rings is 2. The van der Waals surface area contributed by atoms with E-state index in [0.717, 1.165) is 0 Å². The van der Waals surface area contributed by atoms with Gasteiger partial charge in [-0.25, -0.2) is 4.98 Å². The van der Waals surface area contributed by atoms with Gasteiger partial charge in [-0.3, -0.25) is 14.5 Å². The van der Waals surface area contributed by atoms with Crippen LogP contribution in [0, 0.1) is 0 Å². The quantitative estimate of drug-likeness (QED) is 0.290. The van der Waals surface area contributed by atoms with Gasteiger partial charge in [0.25, 0.3) is 5.91 Å². The molecule has 0 atom stereocenters. The van der Waals surface area contributed by atoms with Crippen LogP contribution < -0.4 is 24.3 Å². The van der Waals surface area contributed by atoms with Crippen LogP contribution in [0.4, 0.5) is 19.0 Å². The van der Waals surface area contributed by atoms with E-state index in [1.54, 1.807) is 30.5 Å². The first-order valence-corrected chi connectivity index (χ1v) is 11.4. The molecule has 14 heteroatoms. The predicted octanol–water partition coefficient (Wildman–Crippen LogP) is 4.48. The van der Waals surface area contributed by atoms with Crippen LogP contribution in [0.1, 0.15) is 10.5 Å². The second-order valence-corrected chi connectivity index (χ2v) is 7.97. The Labute approximate surface area is 220 Å². The first-order valence-electron chi connectivity index (χ1n) is 11.4. The van der Waals surface area contributed by atoms with Crippen LogP contribution in [-0.4, -0.2) is 66.4 Å². The van der Waals surface area contributed by atoms with Crippen molar-refractivity contribution in [2.75, 3.05) is 39.9 Å². The van der Waals surface area contributed by atoms with Gasteiger partial charge in [0.15, 0.2) is 29.5 Å². The standard InChI is InChI=1S/C25H24F3N5O6/c1-35-9-8-33-13-21(38-14-25(26,27)28)23(32-33)24(34)31-22-5-4-15(12-30-22)39-18-6-7-29-17-11-20(37-3)19(36-2)10-16(17)18/h4-7,10-13H,8-9,14H2,1-3H3,(H,30,31,34). The summed E-state index contributed by atoms with van der Waals surface area (Å²) in [6.45, 7) is -1.13. The molecule has 0 unspecified atom stereocenters. The Kier molecular flexibility index (Phi) is 8.34. The zero-order valence-corrected chi connectivity index (χ0v) is 21.1. The third-order valence-corrected chi connectivity index (χ3v) is 5.27. The van der Waals surface area contributed by atoms with Crippen LogP contribution in [0.5, 0.6) is 28.7 Å². The first-order chi connectivity index (χ1) is 18.7. The minimum absolute atomic E-state index is 0.117. The summed E-state index contributed by atoms with van der Waals surface area (Å²) in [5, 5.41) is 7.20. The summed E-state index contributed by atoms with van der Waals surface area (Å²) in [5.74, 6) is 0.852. The Balaban J connectivity index is 1.50. The molecule has 0 radical (unpaired) electrons. The molecule has 11 nitrogen and oxygen atoms in total. The van der Waals surface area contributed by atoms with Crippen molar-refractivity contribution in [1.82, 2.24) is 19.7 Å². The van der Waals surface area contributed by atoms with Gasteiger partial charge in [-0.05, 0) is 24.3 Å². The molecule has 0 aliphatic rings. The van der Waals surface area contributed by atoms with Gasteiger partial charge in [-0.1, -0.05) is 0 Å². The number of hydrogen-bond acceptors (Lipinski definition) is 9. The number of amides is 1. The lowest BCUT2D eigenvalue weighted by Gasteiger charge is -2.12. The number of fused-ring (bicyclic) bond motifs is 1. The molecule has 0 fully saturated rings. The molecule has 0 saturated carbocycles. The third kappa shape index (κ3) is 6.84. The number of nitrogens with one attached hydrogen (secondary N) is 1. The highest BCUT2D eigenvalue weighted by Gasteiger charge is 2.30. The maximum atomic E-state index is 12.8. The lowest BCUT2D eigenvalue weighted by atomic mass is 10.2. The first kappa shape index (κ1) is 27.4. The summed E-state index contributed by atoms with van der Waals surface area (Å²) in [6, 6.07) is 8.17. The van der Waals surface area contributed by atoms with Crippen molar-refractivity contribution in [2.24, 2.45) is 0 Å². The molecule has 39 heavy (non-hydrogen) atoms. The molecule has 0 aliphatic carbocycles. The summed E-state index contributed by atoms with van der Waals surface area (Å²) in [6.07, 6.45) is -0.429. The molecular formula is C25H24F3N5O6. The minimum Gasteiger partial charge on any atom is -0.493 e. The number of methoxy groups -OCH3 is 3. The van der Waals surface area contributed by atoms with Gasteiger partial charge < -0.3 is 29.0 Å². The second kappa shape index (κ2) is 11.9. The van der Waals surface area contributed by atoms with E-state index >= 15 is 0 Å². The number of rotatable bonds is 11. The lowest BCUT2D eigenvalue weighted by molar-refractivity contribution is -0.153. The highest BCUT2D eigenvalue weighted by atomic mass is 19.4. The summed E-state index contributed by atoms with van der Waals surface area (Å²) in [7, 11) is 4.51. The number of ether oxygens (including phenoxy) is 5. The average molecular weight is 547 g/mol. The molecule has 4 aromatic rings. The van der Waals surface area contributed by atoms with Gasteiger partial charge in [0.05, 0.1) is 45.3 Å². The van der Waals surface area contributed by atoms with Gasteiger partial charge in [0.1, 0.15) is 17.3 Å². The summed E-state index contributed by atoms with van der Waals surface area (Å²) < 4.78 is 65.7. The maximum absolute atomic E-state index is 12.8. The number of aromatic nitrogens is 4. The molecule has 0 bridgehead atoms. The van der Waals surface area contributed by atoms with Crippen LogP contribution in [0.2, 0.25) is 0 Å². The highest BCUT2D eigenvalue weighted by molar-refractivity contribution is 6.04. The van der Waals surface area contributed by atoms with Crippen LogP contribution in [0.15, 0.2) is 48.9 Å². The van der Waals surface area contributed by atoms with Crippen molar-refractivity contribution in [2.45, 2.75) is 12.7 Å². The Morgan fingerprint density at radius 1 is 1.00 bits per heavy atom. The zero-order chi connectivity index (χ0) is 28.0. The SMILES string of the molecule is COCCn1cc(OCC(F)(F)F)c(C(=O)Nc2ccc(Oc3ccnc4cc(OC)c(OC)cc34)cn2)n1. The molecule has 0 spiro atoms. The van der Waals surface area contributed by atoms with E-state index in [9.17, 15) is 18.0 Å². The van der Waals surface area contributed by atoms with Gasteiger partial charge in [-0.15, -0.1) is 0 Å². The van der Waals surface area contributed by atoms with Crippen molar-refractivity contribution < 1.29 is 41.7 Å². The highest BCUT2D eigenvalue weighted by Crippen LogP contribution is 2.36. The fraction of sp³-hybridized carbons (Fsp3) is 0.280. The van der Waals surface area contributed by atoms with Crippen molar-refractivity contribution in [3.8, 4) is 28.7 Å². The minimum atomic E-state index is -4.59. The fourth-order valence-electron chi connectivity index (χ4n) is 3.48. The molecule has 0 aliphatic heterocycles. The second-order valence-electron chi connectivity index (χ2n) is 7.97. The predicted molar refractivity (Wildman–Crippen MR) is 133 cm³/mol. The fourth-order valence-corrected chi connectivity index (χ4v) is 3.48. The number of carbonyl (C=O) groups is 1. The molecule has 0 saturated heterocycles. The Bertz CT molecular complexity index is 1440. The van der Waals surface area contributed by atoms with E-state index in [1.807, 2.05) is 0 Å². The number of anilines is 1. The molecule has 1 amide bonds. The van der Waals surface area contributed by atoms with Gasteiger partial charge in [0, 0.05) is 24.8 Å². The molecule has 1 N–H and O–H groups in total. The van der Waals surface area contributed by atoms with Crippen molar-refractivity contribution >= 4 is 22.6 Å². The van der Waals surface area contributed by atoms with E-state index in [2.05, 4.69) is 20.4 Å². The summed E-state index contributed by atoms with van der Waals surface area (Å²) >= 11 is 0. The number of carbonyl (C=O) groups excluding carboxylic acids is 1. The largest absolute Gasteiger partial charge is 0.493 e. The van der Waals surface area contributed by atoms with E-state index in [0.29, 0.717) is 33.9 Å². The lowest BCUT2D eigenvalue weighted by Crippen LogP contribution is -2.21. The number of nitrogens with zero attached hydrogens (tertiary/aromatic N) is 4. The zero-order valence-electron chi connectivity index (χ0n) is 21.1. The Morgan fingerprint density at radius 3 is 2.44 bits per heavy atom. The topological polar surface area (TPSA) is 119 Å². The van der Waals surface area contributed by atoms with Crippen molar-refractivity contribution in [3.05, 3.63) is 54.6 Å². The van der Waals surface area contributed by atoms with E-state index in [1.165, 1.54) is 44.5 Å². The number of hydrogen-bond donors (Lipinski definition) is 1. The maximum Gasteiger partial charge on any atom is 0.422 e. The molecule has 3 aromatic heterocycles. The smallest absolute Gasteiger partial charge is 0.422 e. The van der Waals surface area contributed by atoms with Crippen LogP contribution in [0.25, 0.3) is 10.9 Å². The molecule has 206 valence electrons. The van der Waals surface area contributed by atoms with Crippen molar-refractivity contribution in [1.29, 1.82) is 0 Å². The molecule has 1 aromatic carbocycles. The van der Waals surface area contributed by atoms with Crippen molar-refractivity contribution in [3.63, 3.8) is 0 Å². The van der Waals surface area contributed by atoms with Crippen LogP contribution >= 0.6 is 0 Å². The van der Waals surface area contributed by atoms with E-state index in [-0.39, 0.29) is 30.4 Å². The summed E-state index contributed by atoms with van der Waals surface area (Å²) in [4.78, 5) is 21.3. The number of alkyl halides is 3. The van der Waals surface area contributed by atoms with Crippen LogP contribution in [0.3, 0.4) is 0 Å². The molecular weight excluding hydrogens is 523 g/mol. The Morgan fingerprint density at radius 2 is 1.77 bits per heavy atom. The van der Waals surface area contributed by atoms with E-state index < -0.39 is 18.7 Å². The van der Waals surface area contributed by atoms with Gasteiger partial charge in [0.2, 0.25) is 0 Å². The molecule has 3 heterocycles. The normalized spacial score (nSPS) is 11.3. The number of halogens is 3. The number of benzene rings is 1. The molecule has 4 rings (SSSR count). The monoisotopic (exact) mass is 547 g/mol. The third-order valence-electron chi connectivity index (χ3n) is 5.27. The van der Waals surface area contributed by atoms with E-state index in [4.69, 9.17) is 23.7 Å². The average Bonchev–Trinajstić information content (AvgIpc) is 3.34. The Hall–Kier alpha value is -4.59. The summed E-state index contributed by atoms with van der Waals surface area (Å²) in [5.41, 5.74) is 0.292.